The normalized spacial score (nSPS) is 21.0. The molecule has 44 heavy (non-hydrogen) atoms. The lowest BCUT2D eigenvalue weighted by Gasteiger charge is -2.27. The van der Waals surface area contributed by atoms with Gasteiger partial charge in [0.1, 0.15) is 17.8 Å². The molecule has 14 nitrogen and oxygen atoms in total. The lowest BCUT2D eigenvalue weighted by Crippen LogP contribution is -2.57. The van der Waals surface area contributed by atoms with Gasteiger partial charge in [0, 0.05) is 50.8 Å². The number of ether oxygens (including phenoxy) is 1. The van der Waals surface area contributed by atoms with Crippen LogP contribution in [0.4, 0.5) is 0 Å². The van der Waals surface area contributed by atoms with Crippen molar-refractivity contribution in [3.8, 4) is 5.75 Å². The fraction of sp³-hybridized carbons (Fsp3) is 0.586. The number of nitrogens with zero attached hydrogens (tertiary/aromatic N) is 4. The monoisotopic (exact) mass is 634 g/mol. The van der Waals surface area contributed by atoms with Crippen LogP contribution in [0.2, 0.25) is 5.02 Å². The number of fused-ring (bicyclic) bond motifs is 17. The van der Waals surface area contributed by atoms with Crippen LogP contribution in [-0.4, -0.2) is 99.1 Å². The van der Waals surface area contributed by atoms with Gasteiger partial charge in [-0.1, -0.05) is 30.7 Å². The number of amides is 4. The maximum absolute atomic E-state index is 13.2. The van der Waals surface area contributed by atoms with Gasteiger partial charge >= 0.3 is 0 Å². The summed E-state index contributed by atoms with van der Waals surface area (Å²) in [7, 11) is 0. The first-order valence-electron chi connectivity index (χ1n) is 14.8. The lowest BCUT2D eigenvalue weighted by molar-refractivity contribution is -0.133. The van der Waals surface area contributed by atoms with Gasteiger partial charge in [0.2, 0.25) is 17.7 Å². The Morgan fingerprint density at radius 3 is 2.55 bits per heavy atom. The zero-order chi connectivity index (χ0) is 32.4. The highest BCUT2D eigenvalue weighted by Crippen LogP contribution is 2.26. The molecule has 0 unspecified atom stereocenters. The third kappa shape index (κ3) is 10.2. The molecule has 4 bridgehead atoms. The van der Waals surface area contributed by atoms with E-state index in [-0.39, 0.29) is 35.5 Å². The highest BCUT2D eigenvalue weighted by molar-refractivity contribution is 6.32. The summed E-state index contributed by atoms with van der Waals surface area (Å²) in [6, 6.07) is 1.44. The standard InChI is InChI=1S/C29H43ClN8O6/c1-17(2)14-23-27(41)32-9-12-37(29(43)18(3)31)11-8-21-16-38(36-35-21)10-5-13-44-24-7-6-20(15-22(24)30)26(40)34-25(19(4)39)28(42)33-23/h6-7,15-19,23,25,39H,5,8-14,31H2,1-4H3,(H,32,41)(H,33,42)(H,34,40)/t18-,19-,23-,25+/m1/s1. The Hall–Kier alpha value is -3.75. The highest BCUT2D eigenvalue weighted by atomic mass is 35.5. The second kappa shape index (κ2) is 16.4. The summed E-state index contributed by atoms with van der Waals surface area (Å²) in [4.78, 5) is 53.8. The molecule has 0 radical (unpaired) electrons. The van der Waals surface area contributed by atoms with Crippen molar-refractivity contribution in [1.82, 2.24) is 35.8 Å². The molecule has 4 amide bonds. The van der Waals surface area contributed by atoms with Gasteiger partial charge in [-0.2, -0.15) is 0 Å². The third-order valence-electron chi connectivity index (χ3n) is 6.98. The van der Waals surface area contributed by atoms with Gasteiger partial charge in [-0.05, 0) is 44.4 Å². The number of aryl methyl sites for hydroxylation is 1. The summed E-state index contributed by atoms with van der Waals surface area (Å²) in [5, 5.41) is 26.9. The van der Waals surface area contributed by atoms with Gasteiger partial charge in [0.05, 0.1) is 29.5 Å². The molecular formula is C29H43ClN8O6. The van der Waals surface area contributed by atoms with Crippen LogP contribution in [0.3, 0.4) is 0 Å². The van der Waals surface area contributed by atoms with Crippen LogP contribution in [0.15, 0.2) is 24.4 Å². The number of halogens is 1. The number of carbonyl (C=O) groups is 4. The number of aromatic nitrogens is 3. The largest absolute Gasteiger partial charge is 0.492 e. The Morgan fingerprint density at radius 2 is 1.89 bits per heavy atom. The molecule has 6 N–H and O–H groups in total. The van der Waals surface area contributed by atoms with Gasteiger partial charge in [0.15, 0.2) is 0 Å². The molecule has 0 spiro atoms. The van der Waals surface area contributed by atoms with Crippen LogP contribution >= 0.6 is 11.6 Å². The number of hydrogen-bond acceptors (Lipinski definition) is 9. The predicted molar refractivity (Wildman–Crippen MR) is 163 cm³/mol. The van der Waals surface area contributed by atoms with Crippen LogP contribution in [0.25, 0.3) is 0 Å². The molecule has 0 saturated heterocycles. The average molecular weight is 635 g/mol. The van der Waals surface area contributed by atoms with E-state index in [1.807, 2.05) is 13.8 Å². The summed E-state index contributed by atoms with van der Waals surface area (Å²) in [6.45, 7) is 8.22. The van der Waals surface area contributed by atoms with Crippen LogP contribution in [0.5, 0.6) is 5.75 Å². The van der Waals surface area contributed by atoms with E-state index in [0.717, 1.165) is 0 Å². The van der Waals surface area contributed by atoms with E-state index in [4.69, 9.17) is 22.1 Å². The van der Waals surface area contributed by atoms with E-state index in [9.17, 15) is 24.3 Å². The Balaban J connectivity index is 1.86. The van der Waals surface area contributed by atoms with Gasteiger partial charge in [0.25, 0.3) is 5.91 Å². The summed E-state index contributed by atoms with van der Waals surface area (Å²) in [6.07, 6.45) is 1.86. The molecule has 4 rings (SSSR count). The number of rotatable bonds is 4. The number of aliphatic hydroxyl groups excluding tert-OH is 1. The maximum Gasteiger partial charge on any atom is 0.252 e. The van der Waals surface area contributed by atoms with Crippen molar-refractivity contribution in [2.24, 2.45) is 11.7 Å². The number of carbonyl (C=O) groups excluding carboxylic acids is 4. The van der Waals surface area contributed by atoms with Crippen molar-refractivity contribution in [3.05, 3.63) is 40.7 Å². The van der Waals surface area contributed by atoms with Crippen molar-refractivity contribution in [3.63, 3.8) is 0 Å². The molecule has 3 heterocycles. The van der Waals surface area contributed by atoms with Crippen LogP contribution in [-0.2, 0) is 27.3 Å². The van der Waals surface area contributed by atoms with Crippen LogP contribution in [0, 0.1) is 5.92 Å². The minimum Gasteiger partial charge on any atom is -0.492 e. The summed E-state index contributed by atoms with van der Waals surface area (Å²) in [5.41, 5.74) is 6.72. The van der Waals surface area contributed by atoms with E-state index in [1.165, 1.54) is 19.1 Å². The van der Waals surface area contributed by atoms with E-state index >= 15 is 0 Å². The van der Waals surface area contributed by atoms with Crippen molar-refractivity contribution >= 4 is 35.2 Å². The maximum atomic E-state index is 13.2. The zero-order valence-electron chi connectivity index (χ0n) is 25.6. The molecular weight excluding hydrogens is 592 g/mol. The van der Waals surface area contributed by atoms with Crippen molar-refractivity contribution < 1.29 is 29.0 Å². The van der Waals surface area contributed by atoms with E-state index in [2.05, 4.69) is 26.3 Å². The van der Waals surface area contributed by atoms with Gasteiger partial charge in [-0.3, -0.25) is 23.9 Å². The fourth-order valence-electron chi connectivity index (χ4n) is 4.63. The van der Waals surface area contributed by atoms with Gasteiger partial charge in [-0.25, -0.2) is 0 Å². The fourth-order valence-corrected chi connectivity index (χ4v) is 4.87. The Kier molecular flexibility index (Phi) is 12.9. The quantitative estimate of drug-likeness (QED) is 0.293. The topological polar surface area (TPSA) is 194 Å². The second-order valence-electron chi connectivity index (χ2n) is 11.4. The van der Waals surface area contributed by atoms with Crippen LogP contribution < -0.4 is 26.4 Å². The smallest absolute Gasteiger partial charge is 0.252 e. The van der Waals surface area contributed by atoms with Gasteiger partial charge < -0.3 is 36.4 Å². The Morgan fingerprint density at radius 1 is 1.14 bits per heavy atom. The number of nitrogens with two attached hydrogens (primary N) is 1. The van der Waals surface area contributed by atoms with Crippen molar-refractivity contribution in [1.29, 1.82) is 0 Å². The highest BCUT2D eigenvalue weighted by Gasteiger charge is 2.31. The van der Waals surface area contributed by atoms with Crippen molar-refractivity contribution in [2.45, 2.75) is 77.7 Å². The molecule has 0 fully saturated rings. The molecule has 0 saturated carbocycles. The molecule has 2 aliphatic heterocycles. The first-order chi connectivity index (χ1) is 20.8. The summed E-state index contributed by atoms with van der Waals surface area (Å²) >= 11 is 6.37. The number of aliphatic hydroxyl groups is 1. The molecule has 0 aliphatic carbocycles. The molecule has 242 valence electrons. The molecule has 15 heteroatoms. The summed E-state index contributed by atoms with van der Waals surface area (Å²) in [5.74, 6) is -1.70. The van der Waals surface area contributed by atoms with Crippen molar-refractivity contribution in [2.75, 3.05) is 26.2 Å². The average Bonchev–Trinajstić information content (AvgIpc) is 3.42. The Labute approximate surface area is 262 Å². The number of hydrogen-bond donors (Lipinski definition) is 5. The Bertz CT molecular complexity index is 1300. The molecule has 1 aromatic carbocycles. The SMILES string of the molecule is CC(C)C[C@H]1NC(=O)[C@H]([C@@H](C)O)NC(=O)c2ccc(c(Cl)c2)OCCCn2cc(nn2)CCN(C(=O)[C@@H](C)N)CCNC1=O. The minimum absolute atomic E-state index is 0.0324. The summed E-state index contributed by atoms with van der Waals surface area (Å²) < 4.78 is 7.47. The minimum atomic E-state index is -1.35. The first kappa shape index (κ1) is 34.7. The first-order valence-corrected chi connectivity index (χ1v) is 15.2. The number of nitrogens with one attached hydrogen (secondary N) is 3. The van der Waals surface area contributed by atoms with E-state index in [0.29, 0.717) is 50.4 Å². The van der Waals surface area contributed by atoms with E-state index < -0.39 is 42.0 Å². The van der Waals surface area contributed by atoms with E-state index in [1.54, 1.807) is 28.8 Å². The predicted octanol–water partition coefficient (Wildman–Crippen LogP) is 0.259. The zero-order valence-corrected chi connectivity index (χ0v) is 26.3. The third-order valence-corrected chi connectivity index (χ3v) is 7.28. The second-order valence-corrected chi connectivity index (χ2v) is 11.8. The molecule has 2 aliphatic rings. The molecule has 1 aromatic heterocycles. The lowest BCUT2D eigenvalue weighted by atomic mass is 10.0. The van der Waals surface area contributed by atoms with Gasteiger partial charge in [-0.15, -0.1) is 5.10 Å². The molecule has 4 atom stereocenters. The number of benzene rings is 1. The van der Waals surface area contributed by atoms with Crippen LogP contribution in [0.1, 0.15) is 56.6 Å². The molecule has 2 aromatic rings.